The highest BCUT2D eigenvalue weighted by molar-refractivity contribution is 5.88. The first-order chi connectivity index (χ1) is 23.4. The van der Waals surface area contributed by atoms with E-state index in [0.29, 0.717) is 49.5 Å². The molecule has 1 aliphatic carbocycles. The van der Waals surface area contributed by atoms with Gasteiger partial charge in [0.05, 0.1) is 19.6 Å². The molecular weight excluding hydrogens is 646 g/mol. The molecule has 6 rings (SSSR count). The van der Waals surface area contributed by atoms with Crippen molar-refractivity contribution in [2.75, 3.05) is 65.0 Å². The lowest BCUT2D eigenvalue weighted by Crippen LogP contribution is -2.50. The second-order valence-corrected chi connectivity index (χ2v) is 14.0. The highest BCUT2D eigenvalue weighted by atomic mass is 19.4. The molecular formula is C36H45F4N3O6. The average Bonchev–Trinajstić information content (AvgIpc) is 3.84. The molecule has 0 spiro atoms. The van der Waals surface area contributed by atoms with Crippen molar-refractivity contribution < 1.29 is 46.5 Å². The van der Waals surface area contributed by atoms with Gasteiger partial charge in [-0.1, -0.05) is 31.0 Å². The zero-order chi connectivity index (χ0) is 34.9. The van der Waals surface area contributed by atoms with Crippen LogP contribution in [0, 0.1) is 11.8 Å². The van der Waals surface area contributed by atoms with E-state index in [1.54, 1.807) is 37.3 Å². The molecule has 1 N–H and O–H groups in total. The van der Waals surface area contributed by atoms with Gasteiger partial charge in [0.1, 0.15) is 11.5 Å². The minimum atomic E-state index is -4.90. The van der Waals surface area contributed by atoms with E-state index in [1.165, 1.54) is 12.1 Å². The number of ether oxygens (including phenoxy) is 3. The second kappa shape index (κ2) is 14.3. The van der Waals surface area contributed by atoms with Crippen molar-refractivity contribution in [3.8, 4) is 11.5 Å². The van der Waals surface area contributed by atoms with Gasteiger partial charge in [0, 0.05) is 81.9 Å². The van der Waals surface area contributed by atoms with Crippen molar-refractivity contribution in [3.63, 3.8) is 0 Å². The molecule has 2 aromatic rings. The minimum Gasteiger partial charge on any atom is -0.497 e. The van der Waals surface area contributed by atoms with E-state index in [1.807, 2.05) is 17.0 Å². The first kappa shape index (κ1) is 35.3. The van der Waals surface area contributed by atoms with Crippen LogP contribution < -0.4 is 14.4 Å². The number of benzene rings is 2. The predicted molar refractivity (Wildman–Crippen MR) is 174 cm³/mol. The molecule has 1 amide bonds. The van der Waals surface area contributed by atoms with Gasteiger partial charge in [0.25, 0.3) is 5.91 Å². The maximum absolute atomic E-state index is 17.6. The van der Waals surface area contributed by atoms with E-state index in [0.717, 1.165) is 31.2 Å². The fraction of sp³-hybridized carbons (Fsp3) is 0.611. The molecule has 13 heteroatoms. The monoisotopic (exact) mass is 691 g/mol. The second-order valence-electron chi connectivity index (χ2n) is 14.0. The molecule has 0 aromatic heterocycles. The third kappa shape index (κ3) is 7.47. The van der Waals surface area contributed by atoms with Crippen molar-refractivity contribution in [2.45, 2.75) is 68.4 Å². The molecule has 2 aromatic carbocycles. The molecule has 1 saturated carbocycles. The zero-order valence-corrected chi connectivity index (χ0v) is 28.0. The van der Waals surface area contributed by atoms with E-state index in [-0.39, 0.29) is 49.9 Å². The largest absolute Gasteiger partial charge is 0.573 e. The summed E-state index contributed by atoms with van der Waals surface area (Å²) >= 11 is 0. The standard InChI is InChI=1S/C36H45F4N3O6/c1-47-21-25-18-42(34(46)35(37)22-43(26-5-3-4-6-26)20-31(35)23-7-9-27(48-2)10-8-23)19-30(25)29-12-11-28(49-36(38,39)40)17-32(29)41-15-13-24(14-16-41)33(44)45/h7-12,17,24-26,30-31H,3-6,13-16,18-22H2,1-2H3,(H,44,45)/t25-,30+,31+,35+/m1/s1. The van der Waals surface area contributed by atoms with Crippen molar-refractivity contribution in [1.82, 2.24) is 9.80 Å². The highest BCUT2D eigenvalue weighted by Crippen LogP contribution is 2.47. The van der Waals surface area contributed by atoms with E-state index < -0.39 is 35.7 Å². The van der Waals surface area contributed by atoms with Crippen LogP contribution in [0.5, 0.6) is 11.5 Å². The number of carboxylic acid groups (broad SMARTS) is 1. The van der Waals surface area contributed by atoms with Gasteiger partial charge in [0.2, 0.25) is 5.67 Å². The Morgan fingerprint density at radius 3 is 2.22 bits per heavy atom. The quantitative estimate of drug-likeness (QED) is 0.312. The molecule has 4 atom stereocenters. The molecule has 49 heavy (non-hydrogen) atoms. The Bertz CT molecular complexity index is 1480. The molecule has 0 bridgehead atoms. The lowest BCUT2D eigenvalue weighted by atomic mass is 9.85. The molecule has 268 valence electrons. The molecule has 3 aliphatic heterocycles. The number of hydrogen-bond acceptors (Lipinski definition) is 7. The van der Waals surface area contributed by atoms with Gasteiger partial charge in [-0.15, -0.1) is 13.2 Å². The number of rotatable bonds is 10. The Kier molecular flexibility index (Phi) is 10.3. The number of aliphatic carboxylic acids is 1. The summed E-state index contributed by atoms with van der Waals surface area (Å²) in [5, 5.41) is 9.52. The van der Waals surface area contributed by atoms with Crippen LogP contribution in [0.25, 0.3) is 0 Å². The highest BCUT2D eigenvalue weighted by Gasteiger charge is 2.57. The van der Waals surface area contributed by atoms with Crippen LogP contribution in [0.15, 0.2) is 42.5 Å². The number of halogens is 4. The van der Waals surface area contributed by atoms with Crippen LogP contribution in [0.2, 0.25) is 0 Å². The number of likely N-dealkylation sites (tertiary alicyclic amines) is 2. The topological polar surface area (TPSA) is 91.8 Å². The number of hydrogen-bond donors (Lipinski definition) is 1. The maximum Gasteiger partial charge on any atom is 0.573 e. The molecule has 4 fully saturated rings. The Hall–Kier alpha value is -3.58. The smallest absolute Gasteiger partial charge is 0.497 e. The zero-order valence-electron chi connectivity index (χ0n) is 28.0. The van der Waals surface area contributed by atoms with Crippen LogP contribution in [0.3, 0.4) is 0 Å². The van der Waals surface area contributed by atoms with E-state index in [2.05, 4.69) is 9.64 Å². The fourth-order valence-electron chi connectivity index (χ4n) is 8.53. The van der Waals surface area contributed by atoms with Crippen molar-refractivity contribution >= 4 is 17.6 Å². The molecule has 0 unspecified atom stereocenters. The summed E-state index contributed by atoms with van der Waals surface area (Å²) in [7, 11) is 3.11. The fourth-order valence-corrected chi connectivity index (χ4v) is 8.53. The lowest BCUT2D eigenvalue weighted by Gasteiger charge is -2.35. The average molecular weight is 692 g/mol. The van der Waals surface area contributed by atoms with E-state index in [4.69, 9.17) is 9.47 Å². The van der Waals surface area contributed by atoms with Crippen molar-refractivity contribution in [2.24, 2.45) is 11.8 Å². The van der Waals surface area contributed by atoms with Gasteiger partial charge in [0.15, 0.2) is 0 Å². The first-order valence-electron chi connectivity index (χ1n) is 17.1. The minimum absolute atomic E-state index is 0.00342. The van der Waals surface area contributed by atoms with Gasteiger partial charge in [-0.25, -0.2) is 4.39 Å². The summed E-state index contributed by atoms with van der Waals surface area (Å²) < 4.78 is 72.6. The van der Waals surface area contributed by atoms with Crippen LogP contribution in [-0.2, 0) is 14.3 Å². The van der Waals surface area contributed by atoms with Crippen molar-refractivity contribution in [1.29, 1.82) is 0 Å². The SMILES string of the molecule is COC[C@H]1CN(C(=O)[C@]2(F)CN(C3CCCC3)C[C@H]2c2ccc(OC)cc2)C[C@@H]1c1ccc(OC(F)(F)F)cc1N1CCC(C(=O)O)CC1. The summed E-state index contributed by atoms with van der Waals surface area (Å²) in [4.78, 5) is 31.7. The number of anilines is 1. The van der Waals surface area contributed by atoms with E-state index >= 15 is 4.39 Å². The molecule has 3 saturated heterocycles. The lowest BCUT2D eigenvalue weighted by molar-refractivity contribution is -0.274. The number of amides is 1. The summed E-state index contributed by atoms with van der Waals surface area (Å²) in [6, 6.07) is 11.6. The molecule has 4 aliphatic rings. The first-order valence-corrected chi connectivity index (χ1v) is 17.1. The Balaban J connectivity index is 1.31. The Morgan fingerprint density at radius 1 is 0.939 bits per heavy atom. The van der Waals surface area contributed by atoms with Gasteiger partial charge < -0.3 is 29.1 Å². The Morgan fingerprint density at radius 2 is 1.61 bits per heavy atom. The number of nitrogens with zero attached hydrogens (tertiary/aromatic N) is 3. The Labute approximate surface area is 284 Å². The number of carbonyl (C=O) groups is 2. The summed E-state index contributed by atoms with van der Waals surface area (Å²) in [5.41, 5.74) is -0.270. The van der Waals surface area contributed by atoms with Crippen molar-refractivity contribution in [3.05, 3.63) is 53.6 Å². The van der Waals surface area contributed by atoms with E-state index in [9.17, 15) is 27.9 Å². The number of piperidine rings is 1. The van der Waals surface area contributed by atoms with Gasteiger partial charge in [-0.2, -0.15) is 0 Å². The van der Waals surface area contributed by atoms with Gasteiger partial charge in [-0.3, -0.25) is 14.5 Å². The summed E-state index contributed by atoms with van der Waals surface area (Å²) in [6.45, 7) is 1.73. The normalized spacial score (nSPS) is 27.2. The van der Waals surface area contributed by atoms with Crippen LogP contribution >= 0.6 is 0 Å². The van der Waals surface area contributed by atoms with Crippen LogP contribution in [-0.4, -0.2) is 105 Å². The number of carbonyl (C=O) groups excluding carboxylic acids is 1. The predicted octanol–water partition coefficient (Wildman–Crippen LogP) is 5.83. The maximum atomic E-state index is 17.6. The number of alkyl halides is 4. The molecule has 3 heterocycles. The number of methoxy groups -OCH3 is 2. The van der Waals surface area contributed by atoms with Crippen LogP contribution in [0.4, 0.5) is 23.2 Å². The third-order valence-corrected chi connectivity index (χ3v) is 11.0. The third-order valence-electron chi connectivity index (χ3n) is 11.0. The molecule has 9 nitrogen and oxygen atoms in total. The summed E-state index contributed by atoms with van der Waals surface area (Å²) in [5.74, 6) is -3.07. The van der Waals surface area contributed by atoms with Gasteiger partial charge in [-0.05, 0) is 55.0 Å². The molecule has 0 radical (unpaired) electrons. The number of carboxylic acids is 1. The van der Waals surface area contributed by atoms with Crippen LogP contribution in [0.1, 0.15) is 61.5 Å². The van der Waals surface area contributed by atoms with Gasteiger partial charge >= 0.3 is 12.3 Å². The summed E-state index contributed by atoms with van der Waals surface area (Å²) in [6.07, 6.45) is -0.110.